The van der Waals surface area contributed by atoms with E-state index in [1.807, 2.05) is 37.3 Å². The fourth-order valence-corrected chi connectivity index (χ4v) is 5.34. The van der Waals surface area contributed by atoms with Crippen LogP contribution in [0.3, 0.4) is 0 Å². The highest BCUT2D eigenvalue weighted by Crippen LogP contribution is 2.26. The molecule has 1 N–H and O–H groups in total. The minimum Gasteiger partial charge on any atom is -0.354 e. The molecule has 0 aromatic heterocycles. The molecule has 0 aliphatic carbocycles. The quantitative estimate of drug-likeness (QED) is 0.197. The van der Waals surface area contributed by atoms with Crippen LogP contribution in [0.5, 0.6) is 0 Å². The lowest BCUT2D eigenvalue weighted by Crippen LogP contribution is -2.50. The molecule has 1 heterocycles. The smallest absolute Gasteiger partial charge is 0.261 e. The largest absolute Gasteiger partial charge is 0.354 e. The predicted octanol–water partition coefficient (Wildman–Crippen LogP) is 5.93. The number of unbranched alkanes of at least 4 members (excludes halogenated alkanes) is 1. The summed E-state index contributed by atoms with van der Waals surface area (Å²) in [6, 6.07) is 20.5. The van der Waals surface area contributed by atoms with E-state index in [9.17, 15) is 19.2 Å². The minimum atomic E-state index is -0.798. The second-order valence-electron chi connectivity index (χ2n) is 10.0. The zero-order chi connectivity index (χ0) is 29.4. The average molecular weight is 595 g/mol. The summed E-state index contributed by atoms with van der Waals surface area (Å²) < 4.78 is 0. The topological polar surface area (TPSA) is 86.8 Å². The first kappa shape index (κ1) is 30.3. The van der Waals surface area contributed by atoms with E-state index < -0.39 is 6.04 Å². The number of rotatable bonds is 13. The van der Waals surface area contributed by atoms with E-state index in [1.54, 1.807) is 47.4 Å². The molecule has 7 nitrogen and oxygen atoms in total. The summed E-state index contributed by atoms with van der Waals surface area (Å²) in [6.07, 6.45) is 2.34. The zero-order valence-electron chi connectivity index (χ0n) is 22.9. The molecule has 4 rings (SSSR count). The number of halogens is 2. The van der Waals surface area contributed by atoms with Gasteiger partial charge in [-0.15, -0.1) is 0 Å². The minimum absolute atomic E-state index is 0.0339. The zero-order valence-corrected chi connectivity index (χ0v) is 24.5. The second-order valence-corrected chi connectivity index (χ2v) is 10.9. The van der Waals surface area contributed by atoms with E-state index in [2.05, 4.69) is 5.32 Å². The fourth-order valence-electron chi connectivity index (χ4n) is 4.87. The van der Waals surface area contributed by atoms with Crippen LogP contribution in [0.2, 0.25) is 10.0 Å². The van der Waals surface area contributed by atoms with Gasteiger partial charge in [-0.3, -0.25) is 24.1 Å². The van der Waals surface area contributed by atoms with E-state index in [1.165, 1.54) is 4.90 Å². The van der Waals surface area contributed by atoms with Gasteiger partial charge in [0.2, 0.25) is 11.8 Å². The summed E-state index contributed by atoms with van der Waals surface area (Å²) >= 11 is 12.6. The molecule has 1 atom stereocenters. The van der Waals surface area contributed by atoms with Gasteiger partial charge in [-0.05, 0) is 48.2 Å². The van der Waals surface area contributed by atoms with E-state index >= 15 is 0 Å². The van der Waals surface area contributed by atoms with Gasteiger partial charge in [-0.25, -0.2) is 0 Å². The van der Waals surface area contributed by atoms with Crippen molar-refractivity contribution in [3.8, 4) is 0 Å². The molecule has 1 aliphatic rings. The van der Waals surface area contributed by atoms with Crippen LogP contribution >= 0.6 is 23.2 Å². The van der Waals surface area contributed by atoms with E-state index in [-0.39, 0.29) is 49.6 Å². The molecule has 3 aromatic carbocycles. The normalized spacial score (nSPS) is 13.2. The standard InChI is InChI=1S/C32H33Cl2N3O4/c1-2-3-17-35-30(39)28(19-22-10-5-4-6-11-22)37(21-23-15-16-24(33)20-27(23)34)29(38)14-9-18-36-31(40)25-12-7-8-13-26(25)32(36)41/h4-8,10-13,15-16,20,28H,2-3,9,14,17-19,21H2,1H3,(H,35,39). The van der Waals surface area contributed by atoms with Gasteiger partial charge < -0.3 is 10.2 Å². The summed E-state index contributed by atoms with van der Waals surface area (Å²) in [5, 5.41) is 3.85. The van der Waals surface area contributed by atoms with Crippen molar-refractivity contribution in [3.63, 3.8) is 0 Å². The molecule has 0 bridgehead atoms. The van der Waals surface area contributed by atoms with Crippen LogP contribution in [0.15, 0.2) is 72.8 Å². The van der Waals surface area contributed by atoms with Crippen molar-refractivity contribution in [2.45, 2.75) is 51.6 Å². The highest BCUT2D eigenvalue weighted by atomic mass is 35.5. The van der Waals surface area contributed by atoms with E-state index in [0.717, 1.165) is 18.4 Å². The molecule has 41 heavy (non-hydrogen) atoms. The molecule has 0 fully saturated rings. The van der Waals surface area contributed by atoms with Gasteiger partial charge in [-0.1, -0.05) is 85.1 Å². The van der Waals surface area contributed by atoms with Crippen LogP contribution in [0, 0.1) is 0 Å². The number of carbonyl (C=O) groups excluding carboxylic acids is 4. The number of hydrogen-bond donors (Lipinski definition) is 1. The fraction of sp³-hybridized carbons (Fsp3) is 0.312. The molecule has 0 saturated carbocycles. The molecule has 9 heteroatoms. The lowest BCUT2D eigenvalue weighted by molar-refractivity contribution is -0.141. The maximum Gasteiger partial charge on any atom is 0.261 e. The number of hydrogen-bond acceptors (Lipinski definition) is 4. The van der Waals surface area contributed by atoms with Gasteiger partial charge in [-0.2, -0.15) is 0 Å². The summed E-state index contributed by atoms with van der Waals surface area (Å²) in [7, 11) is 0. The van der Waals surface area contributed by atoms with Crippen molar-refractivity contribution in [1.82, 2.24) is 15.1 Å². The number of fused-ring (bicyclic) bond motifs is 1. The average Bonchev–Trinajstić information content (AvgIpc) is 3.21. The van der Waals surface area contributed by atoms with E-state index in [4.69, 9.17) is 23.2 Å². The van der Waals surface area contributed by atoms with Crippen LogP contribution < -0.4 is 5.32 Å². The Morgan fingerprint density at radius 2 is 1.56 bits per heavy atom. The Morgan fingerprint density at radius 1 is 0.902 bits per heavy atom. The van der Waals surface area contributed by atoms with Crippen molar-refractivity contribution < 1.29 is 19.2 Å². The van der Waals surface area contributed by atoms with Crippen LogP contribution in [-0.2, 0) is 22.6 Å². The van der Waals surface area contributed by atoms with Crippen molar-refractivity contribution in [1.29, 1.82) is 0 Å². The van der Waals surface area contributed by atoms with E-state index in [0.29, 0.717) is 39.7 Å². The molecule has 0 radical (unpaired) electrons. The highest BCUT2D eigenvalue weighted by Gasteiger charge is 2.35. The maximum atomic E-state index is 13.8. The molecular weight excluding hydrogens is 561 g/mol. The number of amides is 4. The molecule has 0 spiro atoms. The Bertz CT molecular complexity index is 1380. The molecular formula is C32H33Cl2N3O4. The summed E-state index contributed by atoms with van der Waals surface area (Å²) in [6.45, 7) is 2.74. The molecule has 0 saturated heterocycles. The van der Waals surface area contributed by atoms with Crippen molar-refractivity contribution >= 4 is 46.8 Å². The van der Waals surface area contributed by atoms with Crippen molar-refractivity contribution in [2.24, 2.45) is 0 Å². The number of imide groups is 1. The van der Waals surface area contributed by atoms with Crippen LogP contribution in [0.25, 0.3) is 0 Å². The monoisotopic (exact) mass is 593 g/mol. The van der Waals surface area contributed by atoms with Gasteiger partial charge in [0.1, 0.15) is 6.04 Å². The molecule has 3 aromatic rings. The Hall–Kier alpha value is -3.68. The number of benzene rings is 3. The lowest BCUT2D eigenvalue weighted by Gasteiger charge is -2.32. The number of carbonyl (C=O) groups is 4. The third-order valence-electron chi connectivity index (χ3n) is 7.11. The van der Waals surface area contributed by atoms with Gasteiger partial charge in [0.05, 0.1) is 11.1 Å². The molecule has 4 amide bonds. The van der Waals surface area contributed by atoms with Crippen LogP contribution in [-0.4, -0.2) is 52.6 Å². The molecule has 214 valence electrons. The summed E-state index contributed by atoms with van der Waals surface area (Å²) in [5.74, 6) is -1.25. The number of nitrogens with zero attached hydrogens (tertiary/aromatic N) is 2. The summed E-state index contributed by atoms with van der Waals surface area (Å²) in [5.41, 5.74) is 2.31. The maximum absolute atomic E-state index is 13.8. The Morgan fingerprint density at radius 3 is 2.20 bits per heavy atom. The highest BCUT2D eigenvalue weighted by molar-refractivity contribution is 6.35. The molecule has 1 aliphatic heterocycles. The Labute approximate surface area is 250 Å². The predicted molar refractivity (Wildman–Crippen MR) is 160 cm³/mol. The summed E-state index contributed by atoms with van der Waals surface area (Å²) in [4.78, 5) is 55.7. The Balaban J connectivity index is 1.56. The van der Waals surface area contributed by atoms with Gasteiger partial charge in [0.15, 0.2) is 0 Å². The lowest BCUT2D eigenvalue weighted by atomic mass is 10.0. The van der Waals surface area contributed by atoms with Crippen molar-refractivity contribution in [3.05, 3.63) is 105 Å². The van der Waals surface area contributed by atoms with Gasteiger partial charge in [0, 0.05) is 42.5 Å². The third-order valence-corrected chi connectivity index (χ3v) is 7.69. The first-order chi connectivity index (χ1) is 19.8. The van der Waals surface area contributed by atoms with Gasteiger partial charge in [0.25, 0.3) is 11.8 Å². The first-order valence-corrected chi connectivity index (χ1v) is 14.6. The third kappa shape index (κ3) is 7.54. The Kier molecular flexibility index (Phi) is 10.6. The molecule has 1 unspecified atom stereocenters. The van der Waals surface area contributed by atoms with Crippen molar-refractivity contribution in [2.75, 3.05) is 13.1 Å². The van der Waals surface area contributed by atoms with Crippen LogP contribution in [0.1, 0.15) is 64.4 Å². The number of nitrogens with one attached hydrogen (secondary N) is 1. The second kappa shape index (κ2) is 14.3. The van der Waals surface area contributed by atoms with Crippen LogP contribution in [0.4, 0.5) is 0 Å². The SMILES string of the molecule is CCCCNC(=O)C(Cc1ccccc1)N(Cc1ccc(Cl)cc1Cl)C(=O)CCCN1C(=O)c2ccccc2C1=O. The van der Waals surface area contributed by atoms with Gasteiger partial charge >= 0.3 is 0 Å². The first-order valence-electron chi connectivity index (χ1n) is 13.8.